The van der Waals surface area contributed by atoms with E-state index in [1.807, 2.05) is 35.2 Å². The molecule has 0 spiro atoms. The van der Waals surface area contributed by atoms with Crippen LogP contribution < -0.4 is 4.74 Å². The summed E-state index contributed by atoms with van der Waals surface area (Å²) in [6, 6.07) is 7.74. The van der Waals surface area contributed by atoms with Gasteiger partial charge in [0.15, 0.2) is 14.6 Å². The van der Waals surface area contributed by atoms with Gasteiger partial charge in [-0.05, 0) is 55.4 Å². The van der Waals surface area contributed by atoms with Gasteiger partial charge < -0.3 is 23.5 Å². The highest BCUT2D eigenvalue weighted by atomic mass is 32.2. The zero-order valence-electron chi connectivity index (χ0n) is 26.2. The number of amides is 1. The second-order valence-electron chi connectivity index (χ2n) is 13.9. The molecular formula is C31H51NO5S2Si. The number of carbonyl (C=O) groups is 1. The highest BCUT2D eigenvalue weighted by Crippen LogP contribution is 2.45. The zero-order valence-corrected chi connectivity index (χ0v) is 28.9. The van der Waals surface area contributed by atoms with E-state index >= 15 is 0 Å². The zero-order chi connectivity index (χ0) is 30.1. The third-order valence-electron chi connectivity index (χ3n) is 8.68. The van der Waals surface area contributed by atoms with Gasteiger partial charge in [0.05, 0.1) is 25.2 Å². The van der Waals surface area contributed by atoms with Crippen molar-refractivity contribution in [3.8, 4) is 5.75 Å². The normalized spacial score (nSPS) is 28.5. The average molecular weight is 610 g/mol. The lowest BCUT2D eigenvalue weighted by Gasteiger charge is -2.40. The smallest absolute Gasteiger partial charge is 0.226 e. The SMILES string of the molecule is C=C[C@@H]1O[C@@H](c2ccc(OC)cc2)O[C@]1(C)CC[C@H](CC(=O)N1C[C@@H](C(C)(C)C)S[C@H]1S)O[Si](C)(C)C(C)(C)C. The summed E-state index contributed by atoms with van der Waals surface area (Å²) in [5.74, 6) is 0.891. The first-order chi connectivity index (χ1) is 18.4. The van der Waals surface area contributed by atoms with Crippen LogP contribution in [-0.2, 0) is 18.7 Å². The lowest BCUT2D eigenvalue weighted by molar-refractivity contribution is -0.132. The van der Waals surface area contributed by atoms with Crippen LogP contribution in [0.5, 0.6) is 5.75 Å². The molecule has 6 nitrogen and oxygen atoms in total. The van der Waals surface area contributed by atoms with Crippen LogP contribution in [0.1, 0.15) is 79.6 Å². The van der Waals surface area contributed by atoms with Crippen molar-refractivity contribution >= 4 is 38.6 Å². The minimum absolute atomic E-state index is 0.0290. The second-order valence-corrected chi connectivity index (χ2v) is 20.8. The van der Waals surface area contributed by atoms with Gasteiger partial charge >= 0.3 is 0 Å². The van der Waals surface area contributed by atoms with Crippen LogP contribution in [0.4, 0.5) is 0 Å². The summed E-state index contributed by atoms with van der Waals surface area (Å²) in [7, 11) is -0.485. The Hall–Kier alpha value is -0.973. The molecule has 40 heavy (non-hydrogen) atoms. The fraction of sp³-hybridized carbons (Fsp3) is 0.710. The van der Waals surface area contributed by atoms with Gasteiger partial charge in [0.25, 0.3) is 0 Å². The molecule has 2 aliphatic heterocycles. The molecule has 2 heterocycles. The summed E-state index contributed by atoms with van der Waals surface area (Å²) >= 11 is 6.54. The average Bonchev–Trinajstić information content (AvgIpc) is 3.42. The van der Waals surface area contributed by atoms with Gasteiger partial charge in [-0.2, -0.15) is 0 Å². The molecule has 3 rings (SSSR count). The molecule has 0 radical (unpaired) electrons. The van der Waals surface area contributed by atoms with E-state index in [1.54, 1.807) is 18.9 Å². The minimum Gasteiger partial charge on any atom is -0.497 e. The predicted molar refractivity (Wildman–Crippen MR) is 172 cm³/mol. The molecule has 0 aliphatic carbocycles. The fourth-order valence-corrected chi connectivity index (χ4v) is 8.17. The molecule has 226 valence electrons. The van der Waals surface area contributed by atoms with E-state index < -0.39 is 20.2 Å². The molecule has 1 aromatic rings. The maximum absolute atomic E-state index is 13.7. The first kappa shape index (κ1) is 33.5. The van der Waals surface area contributed by atoms with E-state index in [0.29, 0.717) is 31.1 Å². The number of benzene rings is 1. The summed E-state index contributed by atoms with van der Waals surface area (Å²) in [5.41, 5.74) is 0.434. The van der Waals surface area contributed by atoms with Crippen LogP contribution in [-0.4, -0.2) is 60.5 Å². The van der Waals surface area contributed by atoms with E-state index in [-0.39, 0.29) is 33.3 Å². The van der Waals surface area contributed by atoms with Gasteiger partial charge in [0, 0.05) is 17.4 Å². The lowest BCUT2D eigenvalue weighted by Crippen LogP contribution is -2.46. The minimum atomic E-state index is -2.14. The fourth-order valence-electron chi connectivity index (χ4n) is 4.82. The summed E-state index contributed by atoms with van der Waals surface area (Å²) < 4.78 is 24.9. The van der Waals surface area contributed by atoms with Crippen molar-refractivity contribution < 1.29 is 23.4 Å². The topological polar surface area (TPSA) is 57.2 Å². The number of hydrogen-bond donors (Lipinski definition) is 1. The Bertz CT molecular complexity index is 1020. The largest absolute Gasteiger partial charge is 0.497 e. The predicted octanol–water partition coefficient (Wildman–Crippen LogP) is 7.82. The third kappa shape index (κ3) is 7.89. The van der Waals surface area contributed by atoms with E-state index in [0.717, 1.165) is 11.3 Å². The maximum Gasteiger partial charge on any atom is 0.226 e. The van der Waals surface area contributed by atoms with Gasteiger partial charge in [-0.1, -0.05) is 59.8 Å². The maximum atomic E-state index is 13.7. The van der Waals surface area contributed by atoms with Crippen molar-refractivity contribution in [3.63, 3.8) is 0 Å². The van der Waals surface area contributed by atoms with Crippen molar-refractivity contribution in [2.75, 3.05) is 13.7 Å². The third-order valence-corrected chi connectivity index (χ3v) is 15.5. The van der Waals surface area contributed by atoms with Gasteiger partial charge in [0.1, 0.15) is 16.6 Å². The molecule has 0 N–H and O–H groups in total. The monoisotopic (exact) mass is 609 g/mol. The molecule has 0 aromatic heterocycles. The Balaban J connectivity index is 1.76. The highest BCUT2D eigenvalue weighted by Gasteiger charge is 2.47. The van der Waals surface area contributed by atoms with Crippen LogP contribution in [0.15, 0.2) is 36.9 Å². The van der Waals surface area contributed by atoms with Crippen LogP contribution in [0.3, 0.4) is 0 Å². The summed E-state index contributed by atoms with van der Waals surface area (Å²) in [6.07, 6.45) is 2.50. The molecule has 6 atom stereocenters. The van der Waals surface area contributed by atoms with E-state index in [1.165, 1.54) is 0 Å². The lowest BCUT2D eigenvalue weighted by atomic mass is 9.91. The Kier molecular flexibility index (Phi) is 10.7. The van der Waals surface area contributed by atoms with Crippen molar-refractivity contribution in [1.29, 1.82) is 0 Å². The molecule has 0 saturated carbocycles. The highest BCUT2D eigenvalue weighted by molar-refractivity contribution is 8.11. The molecule has 2 fully saturated rings. The Labute approximate surface area is 253 Å². The van der Waals surface area contributed by atoms with Gasteiger partial charge in [-0.25, -0.2) is 0 Å². The molecule has 2 aliphatic rings. The van der Waals surface area contributed by atoms with Crippen LogP contribution in [0, 0.1) is 5.41 Å². The summed E-state index contributed by atoms with van der Waals surface area (Å²) in [6.45, 7) is 24.7. The first-order valence-electron chi connectivity index (χ1n) is 14.3. The Morgan fingerprint density at radius 2 is 1.88 bits per heavy atom. The second kappa shape index (κ2) is 12.7. The van der Waals surface area contributed by atoms with Crippen LogP contribution in [0.2, 0.25) is 18.1 Å². The van der Waals surface area contributed by atoms with Crippen molar-refractivity contribution in [2.24, 2.45) is 5.41 Å². The van der Waals surface area contributed by atoms with Crippen molar-refractivity contribution in [1.82, 2.24) is 4.90 Å². The van der Waals surface area contributed by atoms with Crippen LogP contribution in [0.25, 0.3) is 0 Å². The van der Waals surface area contributed by atoms with Crippen molar-refractivity contribution in [3.05, 3.63) is 42.5 Å². The Morgan fingerprint density at radius 3 is 2.38 bits per heavy atom. The molecule has 1 amide bonds. The van der Waals surface area contributed by atoms with Gasteiger partial charge in [-0.15, -0.1) is 31.0 Å². The number of thioether (sulfide) groups is 1. The van der Waals surface area contributed by atoms with Crippen LogP contribution >= 0.6 is 24.4 Å². The van der Waals surface area contributed by atoms with E-state index in [9.17, 15) is 4.79 Å². The number of nitrogens with zero attached hydrogens (tertiary/aromatic N) is 1. The number of hydrogen-bond acceptors (Lipinski definition) is 7. The number of carbonyl (C=O) groups excluding carboxylic acids is 1. The standard InChI is InChI=1S/C31H51NO5S2Si/c1-12-24-31(8,36-27(35-24)21-13-15-22(34-9)16-14-21)18-17-23(37-40(10,11)30(5,6)7)19-26(33)32-20-25(29(2,3)4)39-28(32)38/h12-16,23-25,27-28,38H,1,17-20H2,2-11H3/t23-,24+,25+,27-,28-,31-/m1/s1. The Morgan fingerprint density at radius 1 is 1.25 bits per heavy atom. The molecular weight excluding hydrogens is 559 g/mol. The van der Waals surface area contributed by atoms with E-state index in [2.05, 4.69) is 68.1 Å². The number of thiol groups is 1. The number of methoxy groups -OCH3 is 1. The van der Waals surface area contributed by atoms with Gasteiger partial charge in [-0.3, -0.25) is 4.79 Å². The quantitative estimate of drug-likeness (QED) is 0.166. The van der Waals surface area contributed by atoms with E-state index in [4.69, 9.17) is 31.3 Å². The molecule has 2 saturated heterocycles. The number of rotatable bonds is 10. The summed E-state index contributed by atoms with van der Waals surface area (Å²) in [5, 5.41) is 0.381. The molecule has 9 heteroatoms. The van der Waals surface area contributed by atoms with Gasteiger partial charge in [0.2, 0.25) is 5.91 Å². The summed E-state index contributed by atoms with van der Waals surface area (Å²) in [4.78, 5) is 15.6. The molecule has 1 aromatic carbocycles. The first-order valence-corrected chi connectivity index (χ1v) is 18.7. The number of ether oxygens (including phenoxy) is 3. The molecule has 0 unspecified atom stereocenters. The van der Waals surface area contributed by atoms with Crippen molar-refractivity contribution in [2.45, 2.75) is 120 Å². The molecule has 0 bridgehead atoms.